The van der Waals surface area contributed by atoms with Crippen LogP contribution < -0.4 is 0 Å². The van der Waals surface area contributed by atoms with Gasteiger partial charge in [0, 0.05) is 32.1 Å². The molecule has 0 N–H and O–H groups in total. The minimum absolute atomic E-state index is 0.0401. The molecule has 1 aliphatic carbocycles. The molecular formula is C22H26N4O3. The van der Waals surface area contributed by atoms with Crippen LogP contribution in [0.4, 0.5) is 0 Å². The van der Waals surface area contributed by atoms with E-state index in [0.717, 1.165) is 24.8 Å². The molecule has 2 fully saturated rings. The maximum atomic E-state index is 12.8. The van der Waals surface area contributed by atoms with Crippen molar-refractivity contribution in [2.45, 2.75) is 32.7 Å². The van der Waals surface area contributed by atoms with Crippen LogP contribution in [0.2, 0.25) is 0 Å². The number of aryl methyl sites for hydroxylation is 1. The summed E-state index contributed by atoms with van der Waals surface area (Å²) in [5, 5.41) is 7.62. The normalized spacial score (nSPS) is 20.2. The van der Waals surface area contributed by atoms with E-state index in [1.807, 2.05) is 48.2 Å². The molecule has 1 unspecified atom stereocenters. The predicted octanol–water partition coefficient (Wildman–Crippen LogP) is 2.68. The van der Waals surface area contributed by atoms with Gasteiger partial charge in [-0.1, -0.05) is 40.6 Å². The molecule has 1 saturated heterocycles. The standard InChI is InChI=1S/C22H26N4O3/c1-16-19(24-29-23-16)15-25(2)21(28)18-14-22(18)10-12-26(13-11-22)20(27)9-8-17-6-4-3-5-7-17/h3-9,18H,10-15H2,1-2H3/b9-8+. The molecule has 0 bridgehead atoms. The smallest absolute Gasteiger partial charge is 0.246 e. The first-order valence-electron chi connectivity index (χ1n) is 10.0. The molecule has 152 valence electrons. The molecule has 1 atom stereocenters. The molecule has 7 nitrogen and oxygen atoms in total. The van der Waals surface area contributed by atoms with Crippen LogP contribution in [-0.4, -0.2) is 52.1 Å². The SMILES string of the molecule is Cc1nonc1CN(C)C(=O)C1CC12CCN(C(=O)/C=C/c1ccccc1)CC2. The zero-order valence-electron chi connectivity index (χ0n) is 16.9. The second-order valence-electron chi connectivity index (χ2n) is 8.18. The highest BCUT2D eigenvalue weighted by Crippen LogP contribution is 2.60. The molecule has 1 aliphatic heterocycles. The second kappa shape index (κ2) is 7.81. The van der Waals surface area contributed by atoms with Crippen LogP contribution in [0.5, 0.6) is 0 Å². The molecule has 7 heteroatoms. The van der Waals surface area contributed by atoms with Gasteiger partial charge in [-0.25, -0.2) is 4.63 Å². The molecule has 2 amide bonds. The molecule has 2 heterocycles. The van der Waals surface area contributed by atoms with Crippen molar-refractivity contribution in [3.05, 3.63) is 53.4 Å². The maximum Gasteiger partial charge on any atom is 0.246 e. The van der Waals surface area contributed by atoms with Crippen molar-refractivity contribution in [2.24, 2.45) is 11.3 Å². The summed E-state index contributed by atoms with van der Waals surface area (Å²) in [6, 6.07) is 9.82. The Balaban J connectivity index is 1.28. The van der Waals surface area contributed by atoms with Gasteiger partial charge in [-0.2, -0.15) is 0 Å². The molecule has 4 rings (SSSR count). The van der Waals surface area contributed by atoms with E-state index < -0.39 is 0 Å². The van der Waals surface area contributed by atoms with E-state index in [1.165, 1.54) is 0 Å². The number of rotatable bonds is 5. The summed E-state index contributed by atoms with van der Waals surface area (Å²) in [5.74, 6) is 0.235. The van der Waals surface area contributed by atoms with Crippen molar-refractivity contribution < 1.29 is 14.2 Å². The van der Waals surface area contributed by atoms with Gasteiger partial charge in [0.05, 0.1) is 6.54 Å². The Bertz CT molecular complexity index is 913. The number of aromatic nitrogens is 2. The molecule has 2 aromatic rings. The van der Waals surface area contributed by atoms with Crippen LogP contribution in [-0.2, 0) is 16.1 Å². The first kappa shape index (κ1) is 19.4. The lowest BCUT2D eigenvalue weighted by molar-refractivity contribution is -0.133. The zero-order chi connectivity index (χ0) is 20.4. The highest BCUT2D eigenvalue weighted by molar-refractivity contribution is 5.92. The van der Waals surface area contributed by atoms with Gasteiger partial charge in [-0.05, 0) is 43.2 Å². The molecular weight excluding hydrogens is 368 g/mol. The molecule has 1 aromatic heterocycles. The first-order chi connectivity index (χ1) is 14.0. The fraction of sp³-hybridized carbons (Fsp3) is 0.455. The van der Waals surface area contributed by atoms with E-state index in [9.17, 15) is 9.59 Å². The maximum absolute atomic E-state index is 12.8. The largest absolute Gasteiger partial charge is 0.339 e. The Morgan fingerprint density at radius 3 is 2.62 bits per heavy atom. The third-order valence-corrected chi connectivity index (χ3v) is 6.29. The molecule has 1 saturated carbocycles. The number of nitrogens with zero attached hydrogens (tertiary/aromatic N) is 4. The minimum Gasteiger partial charge on any atom is -0.339 e. The highest BCUT2D eigenvalue weighted by Gasteiger charge is 2.59. The second-order valence-corrected chi connectivity index (χ2v) is 8.18. The number of hydrogen-bond acceptors (Lipinski definition) is 5. The monoisotopic (exact) mass is 394 g/mol. The van der Waals surface area contributed by atoms with Crippen LogP contribution in [0.15, 0.2) is 41.0 Å². The lowest BCUT2D eigenvalue weighted by Gasteiger charge is -2.32. The van der Waals surface area contributed by atoms with E-state index in [4.69, 9.17) is 4.63 Å². The van der Waals surface area contributed by atoms with E-state index in [2.05, 4.69) is 10.3 Å². The lowest BCUT2D eigenvalue weighted by Crippen LogP contribution is -2.40. The van der Waals surface area contributed by atoms with Crippen LogP contribution in [0.3, 0.4) is 0 Å². The van der Waals surface area contributed by atoms with Crippen LogP contribution in [0, 0.1) is 18.3 Å². The number of likely N-dealkylation sites (tertiary alicyclic amines) is 1. The summed E-state index contributed by atoms with van der Waals surface area (Å²) in [7, 11) is 1.80. The average Bonchev–Trinajstić information content (AvgIpc) is 3.29. The molecule has 2 aliphatic rings. The van der Waals surface area contributed by atoms with Crippen LogP contribution in [0.25, 0.3) is 6.08 Å². The van der Waals surface area contributed by atoms with Gasteiger partial charge in [0.15, 0.2) is 0 Å². The predicted molar refractivity (Wildman–Crippen MR) is 107 cm³/mol. The van der Waals surface area contributed by atoms with Crippen molar-refractivity contribution in [3.63, 3.8) is 0 Å². The zero-order valence-corrected chi connectivity index (χ0v) is 16.9. The van der Waals surface area contributed by atoms with Gasteiger partial charge >= 0.3 is 0 Å². The average molecular weight is 394 g/mol. The number of benzene rings is 1. The Morgan fingerprint density at radius 2 is 1.97 bits per heavy atom. The Kier molecular flexibility index (Phi) is 5.22. The summed E-state index contributed by atoms with van der Waals surface area (Å²) in [6.07, 6.45) is 6.17. The number of carbonyl (C=O) groups excluding carboxylic acids is 2. The quantitative estimate of drug-likeness (QED) is 0.729. The third-order valence-electron chi connectivity index (χ3n) is 6.29. The van der Waals surface area contributed by atoms with E-state index in [1.54, 1.807) is 18.0 Å². The topological polar surface area (TPSA) is 79.5 Å². The van der Waals surface area contributed by atoms with Gasteiger partial charge in [0.1, 0.15) is 11.4 Å². The Hall–Kier alpha value is -2.96. The number of amides is 2. The van der Waals surface area contributed by atoms with Crippen LogP contribution >= 0.6 is 0 Å². The summed E-state index contributed by atoms with van der Waals surface area (Å²) in [5.41, 5.74) is 2.48. The highest BCUT2D eigenvalue weighted by atomic mass is 16.6. The number of carbonyl (C=O) groups is 2. The van der Waals surface area contributed by atoms with Crippen molar-refractivity contribution in [3.8, 4) is 0 Å². The van der Waals surface area contributed by atoms with Crippen molar-refractivity contribution in [2.75, 3.05) is 20.1 Å². The van der Waals surface area contributed by atoms with E-state index >= 15 is 0 Å². The third kappa shape index (κ3) is 4.09. The summed E-state index contributed by atoms with van der Waals surface area (Å²) in [6.45, 7) is 3.65. The summed E-state index contributed by atoms with van der Waals surface area (Å²) in [4.78, 5) is 28.9. The van der Waals surface area contributed by atoms with Crippen molar-refractivity contribution in [1.29, 1.82) is 0 Å². The minimum atomic E-state index is 0.0401. The van der Waals surface area contributed by atoms with E-state index in [0.29, 0.717) is 31.0 Å². The Morgan fingerprint density at radius 1 is 1.24 bits per heavy atom. The first-order valence-corrected chi connectivity index (χ1v) is 10.0. The number of hydrogen-bond donors (Lipinski definition) is 0. The van der Waals surface area contributed by atoms with Crippen molar-refractivity contribution >= 4 is 17.9 Å². The van der Waals surface area contributed by atoms with Gasteiger partial charge < -0.3 is 9.80 Å². The fourth-order valence-corrected chi connectivity index (χ4v) is 4.22. The lowest BCUT2D eigenvalue weighted by atomic mass is 9.90. The molecule has 0 radical (unpaired) electrons. The van der Waals surface area contributed by atoms with Crippen molar-refractivity contribution in [1.82, 2.24) is 20.1 Å². The summed E-state index contributed by atoms with van der Waals surface area (Å²) >= 11 is 0. The number of piperidine rings is 1. The fourth-order valence-electron chi connectivity index (χ4n) is 4.22. The Labute approximate surface area is 170 Å². The molecule has 1 aromatic carbocycles. The van der Waals surface area contributed by atoms with Gasteiger partial charge in [0.2, 0.25) is 11.8 Å². The van der Waals surface area contributed by atoms with E-state index in [-0.39, 0.29) is 23.1 Å². The summed E-state index contributed by atoms with van der Waals surface area (Å²) < 4.78 is 4.71. The molecule has 1 spiro atoms. The molecule has 29 heavy (non-hydrogen) atoms. The van der Waals surface area contributed by atoms with Gasteiger partial charge in [-0.3, -0.25) is 9.59 Å². The van der Waals surface area contributed by atoms with Gasteiger partial charge in [0.25, 0.3) is 0 Å². The van der Waals surface area contributed by atoms with Gasteiger partial charge in [-0.15, -0.1) is 0 Å². The van der Waals surface area contributed by atoms with Crippen LogP contribution in [0.1, 0.15) is 36.2 Å².